The molecule has 4 nitrogen and oxygen atoms in total. The summed E-state index contributed by atoms with van der Waals surface area (Å²) in [6, 6.07) is 5.90. The predicted molar refractivity (Wildman–Crippen MR) is 55.4 cm³/mol. The number of aryl methyl sites for hydroxylation is 1. The normalized spacial score (nSPS) is 10.3. The molecule has 0 aliphatic heterocycles. The molecule has 0 spiro atoms. The van der Waals surface area contributed by atoms with E-state index in [-0.39, 0.29) is 6.54 Å². The molecule has 0 radical (unpaired) electrons. The van der Waals surface area contributed by atoms with Crippen molar-refractivity contribution in [3.63, 3.8) is 0 Å². The summed E-state index contributed by atoms with van der Waals surface area (Å²) in [6.07, 6.45) is 3.70. The lowest BCUT2D eigenvalue weighted by Gasteiger charge is -2.15. The molecule has 0 amide bonds. The maximum absolute atomic E-state index is 9.01. The molecule has 1 heterocycles. The molecule has 0 aromatic carbocycles. The smallest absolute Gasteiger partial charge is 0.166 e. The zero-order valence-corrected chi connectivity index (χ0v) is 8.64. The molecule has 0 saturated heterocycles. The van der Waals surface area contributed by atoms with Gasteiger partial charge in [0, 0.05) is 6.20 Å². The molecule has 4 heteroatoms. The van der Waals surface area contributed by atoms with E-state index in [0.29, 0.717) is 6.42 Å². The highest BCUT2D eigenvalue weighted by molar-refractivity contribution is 5.15. The fourth-order valence-corrected chi connectivity index (χ4v) is 1.33. The van der Waals surface area contributed by atoms with E-state index in [0.717, 1.165) is 5.69 Å². The Hall–Kier alpha value is -2.07. The van der Waals surface area contributed by atoms with Crippen LogP contribution in [0.3, 0.4) is 0 Å². The Kier molecular flexibility index (Phi) is 3.25. The molecule has 0 aliphatic carbocycles. The second-order valence-electron chi connectivity index (χ2n) is 3.45. The first-order chi connectivity index (χ1) is 7.15. The third kappa shape index (κ3) is 2.45. The number of nitriles is 2. The molecule has 0 N–H and O–H groups in total. The molecule has 15 heavy (non-hydrogen) atoms. The van der Waals surface area contributed by atoms with E-state index >= 15 is 0 Å². The van der Waals surface area contributed by atoms with Crippen molar-refractivity contribution in [2.45, 2.75) is 19.9 Å². The van der Waals surface area contributed by atoms with Crippen LogP contribution in [0.1, 0.15) is 12.1 Å². The van der Waals surface area contributed by atoms with Crippen LogP contribution in [0, 0.1) is 35.0 Å². The van der Waals surface area contributed by atoms with Gasteiger partial charge in [0.2, 0.25) is 0 Å². The van der Waals surface area contributed by atoms with Gasteiger partial charge in [-0.3, -0.25) is 4.68 Å². The van der Waals surface area contributed by atoms with Gasteiger partial charge in [0.15, 0.2) is 5.41 Å². The van der Waals surface area contributed by atoms with E-state index < -0.39 is 5.41 Å². The Morgan fingerprint density at radius 3 is 2.67 bits per heavy atom. The van der Waals surface area contributed by atoms with Gasteiger partial charge in [-0.15, -0.1) is 6.58 Å². The van der Waals surface area contributed by atoms with E-state index in [2.05, 4.69) is 11.7 Å². The van der Waals surface area contributed by atoms with Crippen LogP contribution in [0.5, 0.6) is 0 Å². The minimum atomic E-state index is -1.06. The van der Waals surface area contributed by atoms with Crippen molar-refractivity contribution >= 4 is 0 Å². The standard InChI is InChI=1S/C11H12N4/c1-3-5-11(7-12,8-13)9-15-6-4-10(2)14-15/h3-4,6H,1,5,9H2,2H3. The summed E-state index contributed by atoms with van der Waals surface area (Å²) >= 11 is 0. The first-order valence-electron chi connectivity index (χ1n) is 4.59. The van der Waals surface area contributed by atoms with Gasteiger partial charge in [-0.2, -0.15) is 15.6 Å². The van der Waals surface area contributed by atoms with E-state index in [1.54, 1.807) is 17.0 Å². The lowest BCUT2D eigenvalue weighted by atomic mass is 9.88. The summed E-state index contributed by atoms with van der Waals surface area (Å²) in [6.45, 7) is 5.70. The molecule has 0 unspecified atom stereocenters. The van der Waals surface area contributed by atoms with Gasteiger partial charge < -0.3 is 0 Å². The van der Waals surface area contributed by atoms with Crippen molar-refractivity contribution in [2.24, 2.45) is 5.41 Å². The number of aromatic nitrogens is 2. The fraction of sp³-hybridized carbons (Fsp3) is 0.364. The number of hydrogen-bond donors (Lipinski definition) is 0. The summed E-state index contributed by atoms with van der Waals surface area (Å²) in [7, 11) is 0. The Labute approximate surface area is 89.1 Å². The van der Waals surface area contributed by atoms with Crippen LogP contribution >= 0.6 is 0 Å². The molecule has 76 valence electrons. The monoisotopic (exact) mass is 200 g/mol. The largest absolute Gasteiger partial charge is 0.270 e. The van der Waals surface area contributed by atoms with Crippen molar-refractivity contribution in [1.82, 2.24) is 9.78 Å². The quantitative estimate of drug-likeness (QED) is 0.696. The van der Waals surface area contributed by atoms with Crippen LogP contribution in [-0.4, -0.2) is 9.78 Å². The molecular weight excluding hydrogens is 188 g/mol. The van der Waals surface area contributed by atoms with E-state index in [9.17, 15) is 0 Å². The van der Waals surface area contributed by atoms with Gasteiger partial charge in [-0.05, 0) is 19.4 Å². The molecule has 1 aromatic rings. The van der Waals surface area contributed by atoms with Crippen LogP contribution in [-0.2, 0) is 6.54 Å². The Balaban J connectivity index is 2.90. The minimum Gasteiger partial charge on any atom is -0.270 e. The zero-order chi connectivity index (χ0) is 11.3. The molecule has 0 saturated carbocycles. The number of rotatable bonds is 4. The summed E-state index contributed by atoms with van der Waals surface area (Å²) in [4.78, 5) is 0. The first kappa shape index (κ1) is 11.0. The average Bonchev–Trinajstić information content (AvgIpc) is 2.63. The Bertz CT molecular complexity index is 416. The molecule has 1 aromatic heterocycles. The van der Waals surface area contributed by atoms with Crippen molar-refractivity contribution < 1.29 is 0 Å². The number of allylic oxidation sites excluding steroid dienone is 1. The van der Waals surface area contributed by atoms with Crippen molar-refractivity contribution in [3.8, 4) is 12.1 Å². The second-order valence-corrected chi connectivity index (χ2v) is 3.45. The maximum atomic E-state index is 9.01. The summed E-state index contributed by atoms with van der Waals surface area (Å²) < 4.78 is 1.62. The molecule has 1 rings (SSSR count). The van der Waals surface area contributed by atoms with Crippen LogP contribution in [0.25, 0.3) is 0 Å². The van der Waals surface area contributed by atoms with Crippen LogP contribution in [0.4, 0.5) is 0 Å². The van der Waals surface area contributed by atoms with Crippen molar-refractivity contribution in [1.29, 1.82) is 10.5 Å². The van der Waals surface area contributed by atoms with Crippen LogP contribution in [0.15, 0.2) is 24.9 Å². The topological polar surface area (TPSA) is 65.4 Å². The molecule has 0 atom stereocenters. The maximum Gasteiger partial charge on any atom is 0.166 e. The van der Waals surface area contributed by atoms with Crippen LogP contribution < -0.4 is 0 Å². The van der Waals surface area contributed by atoms with Crippen molar-refractivity contribution in [2.75, 3.05) is 0 Å². The van der Waals surface area contributed by atoms with Gasteiger partial charge in [-0.1, -0.05) is 6.08 Å². The highest BCUT2D eigenvalue weighted by Gasteiger charge is 2.29. The Morgan fingerprint density at radius 1 is 1.60 bits per heavy atom. The van der Waals surface area contributed by atoms with Crippen LogP contribution in [0.2, 0.25) is 0 Å². The zero-order valence-electron chi connectivity index (χ0n) is 8.64. The van der Waals surface area contributed by atoms with Gasteiger partial charge in [0.05, 0.1) is 24.4 Å². The predicted octanol–water partition coefficient (Wildman–Crippen LogP) is 1.80. The van der Waals surface area contributed by atoms with Gasteiger partial charge in [0.25, 0.3) is 0 Å². The van der Waals surface area contributed by atoms with Gasteiger partial charge in [0.1, 0.15) is 0 Å². The third-order valence-electron chi connectivity index (χ3n) is 2.13. The lowest BCUT2D eigenvalue weighted by Crippen LogP contribution is -2.23. The lowest BCUT2D eigenvalue weighted by molar-refractivity contribution is 0.409. The first-order valence-corrected chi connectivity index (χ1v) is 4.59. The molecule has 0 fully saturated rings. The number of nitrogens with zero attached hydrogens (tertiary/aromatic N) is 4. The summed E-state index contributed by atoms with van der Waals surface area (Å²) in [5, 5.41) is 22.2. The third-order valence-corrected chi connectivity index (χ3v) is 2.13. The number of hydrogen-bond acceptors (Lipinski definition) is 3. The van der Waals surface area contributed by atoms with E-state index in [1.807, 2.05) is 25.1 Å². The van der Waals surface area contributed by atoms with E-state index in [1.165, 1.54) is 0 Å². The summed E-state index contributed by atoms with van der Waals surface area (Å²) in [5.74, 6) is 0. The highest BCUT2D eigenvalue weighted by Crippen LogP contribution is 2.22. The van der Waals surface area contributed by atoms with Crippen molar-refractivity contribution in [3.05, 3.63) is 30.6 Å². The van der Waals surface area contributed by atoms with Gasteiger partial charge in [-0.25, -0.2) is 0 Å². The highest BCUT2D eigenvalue weighted by atomic mass is 15.3. The SMILES string of the molecule is C=CCC(C#N)(C#N)Cn1ccc(C)n1. The Morgan fingerprint density at radius 2 is 2.27 bits per heavy atom. The fourth-order valence-electron chi connectivity index (χ4n) is 1.33. The molecular formula is C11H12N4. The average molecular weight is 200 g/mol. The van der Waals surface area contributed by atoms with Gasteiger partial charge >= 0.3 is 0 Å². The molecule has 0 bridgehead atoms. The summed E-state index contributed by atoms with van der Waals surface area (Å²) in [5.41, 5.74) is -0.182. The minimum absolute atomic E-state index is 0.278. The molecule has 0 aliphatic rings. The van der Waals surface area contributed by atoms with E-state index in [4.69, 9.17) is 10.5 Å². The second kappa shape index (κ2) is 4.43.